The normalized spacial score (nSPS) is 12.0. The number of aliphatic carboxylic acids is 1. The quantitative estimate of drug-likeness (QED) is 0.794. The molecule has 0 saturated heterocycles. The van der Waals surface area contributed by atoms with Crippen molar-refractivity contribution in [3.63, 3.8) is 0 Å². The molecule has 1 atom stereocenters. The van der Waals surface area contributed by atoms with Gasteiger partial charge >= 0.3 is 11.9 Å². The van der Waals surface area contributed by atoms with Gasteiger partial charge < -0.3 is 15.6 Å². The highest BCUT2D eigenvalue weighted by Crippen LogP contribution is 2.23. The average molecular weight is 265 g/mol. The molecule has 0 aliphatic heterocycles. The third-order valence-electron chi connectivity index (χ3n) is 3.19. The first-order valence-electron chi connectivity index (χ1n) is 6.03. The summed E-state index contributed by atoms with van der Waals surface area (Å²) in [6.07, 6.45) is 0.333. The van der Waals surface area contributed by atoms with Crippen LogP contribution in [-0.2, 0) is 9.53 Å². The molecule has 0 heterocycles. The molecule has 0 aliphatic carbocycles. The molecule has 0 radical (unpaired) electrons. The number of ether oxygens (including phenoxy) is 1. The first kappa shape index (κ1) is 15.2. The van der Waals surface area contributed by atoms with Gasteiger partial charge in [-0.2, -0.15) is 0 Å². The number of benzene rings is 1. The lowest BCUT2D eigenvalue weighted by Gasteiger charge is -2.15. The molecular formula is C14H19NO4. The van der Waals surface area contributed by atoms with E-state index in [-0.39, 0.29) is 6.42 Å². The molecule has 0 fully saturated rings. The van der Waals surface area contributed by atoms with Crippen molar-refractivity contribution in [2.45, 2.75) is 32.7 Å². The molecule has 104 valence electrons. The van der Waals surface area contributed by atoms with E-state index in [0.717, 1.165) is 16.7 Å². The van der Waals surface area contributed by atoms with E-state index in [0.29, 0.717) is 12.0 Å². The van der Waals surface area contributed by atoms with Crippen LogP contribution in [0.2, 0.25) is 0 Å². The van der Waals surface area contributed by atoms with Gasteiger partial charge in [-0.1, -0.05) is 6.07 Å². The molecule has 0 aromatic heterocycles. The van der Waals surface area contributed by atoms with Crippen LogP contribution in [0.1, 0.15) is 45.9 Å². The van der Waals surface area contributed by atoms with Crippen molar-refractivity contribution in [3.8, 4) is 0 Å². The Bertz CT molecular complexity index is 496. The van der Waals surface area contributed by atoms with Crippen molar-refractivity contribution in [2.24, 2.45) is 5.73 Å². The van der Waals surface area contributed by atoms with Crippen molar-refractivity contribution in [3.05, 3.63) is 34.4 Å². The van der Waals surface area contributed by atoms with Crippen LogP contribution in [0.15, 0.2) is 12.1 Å². The zero-order chi connectivity index (χ0) is 14.6. The fraction of sp³-hybridized carbons (Fsp3) is 0.429. The molecule has 0 saturated carbocycles. The van der Waals surface area contributed by atoms with Crippen molar-refractivity contribution >= 4 is 11.9 Å². The maximum absolute atomic E-state index is 11.7. The highest BCUT2D eigenvalue weighted by atomic mass is 16.5. The standard InChI is InChI=1S/C14H19NO4/c1-8-6-10(12(15)4-5-13(16)17)7-11(9(8)2)14(18)19-3/h6-7,12H,4-5,15H2,1-3H3,(H,16,17). The molecule has 0 spiro atoms. The molecule has 19 heavy (non-hydrogen) atoms. The SMILES string of the molecule is COC(=O)c1cc(C(N)CCC(=O)O)cc(C)c1C. The molecule has 0 amide bonds. The van der Waals surface area contributed by atoms with Gasteiger partial charge in [0.25, 0.3) is 0 Å². The largest absolute Gasteiger partial charge is 0.481 e. The second-order valence-electron chi connectivity index (χ2n) is 4.54. The second kappa shape index (κ2) is 6.33. The maximum atomic E-state index is 11.7. The zero-order valence-corrected chi connectivity index (χ0v) is 11.4. The Morgan fingerprint density at radius 3 is 2.53 bits per heavy atom. The predicted octanol–water partition coefficient (Wildman–Crippen LogP) is 1.95. The molecule has 1 unspecified atom stereocenters. The Morgan fingerprint density at radius 1 is 1.37 bits per heavy atom. The molecule has 5 nitrogen and oxygen atoms in total. The Morgan fingerprint density at radius 2 is 2.00 bits per heavy atom. The van der Waals surface area contributed by atoms with Crippen LogP contribution in [-0.4, -0.2) is 24.2 Å². The van der Waals surface area contributed by atoms with Gasteiger partial charge in [-0.15, -0.1) is 0 Å². The minimum Gasteiger partial charge on any atom is -0.481 e. The smallest absolute Gasteiger partial charge is 0.338 e. The summed E-state index contributed by atoms with van der Waals surface area (Å²) in [6, 6.07) is 3.16. The molecule has 1 rings (SSSR count). The summed E-state index contributed by atoms with van der Waals surface area (Å²) >= 11 is 0. The first-order chi connectivity index (χ1) is 8.86. The van der Waals surface area contributed by atoms with Crippen molar-refractivity contribution < 1.29 is 19.4 Å². The molecule has 3 N–H and O–H groups in total. The van der Waals surface area contributed by atoms with Gasteiger partial charge in [-0.3, -0.25) is 4.79 Å². The van der Waals surface area contributed by atoms with E-state index in [9.17, 15) is 9.59 Å². The van der Waals surface area contributed by atoms with Crippen LogP contribution in [0.25, 0.3) is 0 Å². The summed E-state index contributed by atoms with van der Waals surface area (Å²) in [6.45, 7) is 3.73. The molecule has 0 bridgehead atoms. The number of hydrogen-bond donors (Lipinski definition) is 2. The third kappa shape index (κ3) is 3.79. The number of carbonyl (C=O) groups excluding carboxylic acids is 1. The summed E-state index contributed by atoms with van der Waals surface area (Å²) < 4.78 is 4.73. The number of carboxylic acid groups (broad SMARTS) is 1. The monoisotopic (exact) mass is 265 g/mol. The lowest BCUT2D eigenvalue weighted by molar-refractivity contribution is -0.137. The predicted molar refractivity (Wildman–Crippen MR) is 71.1 cm³/mol. The number of nitrogens with two attached hydrogens (primary N) is 1. The molecule has 1 aromatic carbocycles. The van der Waals surface area contributed by atoms with Crippen molar-refractivity contribution in [1.29, 1.82) is 0 Å². The van der Waals surface area contributed by atoms with E-state index in [1.165, 1.54) is 7.11 Å². The van der Waals surface area contributed by atoms with E-state index in [2.05, 4.69) is 0 Å². The average Bonchev–Trinajstić information content (AvgIpc) is 2.37. The Hall–Kier alpha value is -1.88. The topological polar surface area (TPSA) is 89.6 Å². The number of carboxylic acids is 1. The summed E-state index contributed by atoms with van der Waals surface area (Å²) in [5.74, 6) is -1.29. The fourth-order valence-corrected chi connectivity index (χ4v) is 1.87. The highest BCUT2D eigenvalue weighted by molar-refractivity contribution is 5.91. The molecule has 1 aromatic rings. The van der Waals surface area contributed by atoms with Gasteiger partial charge in [0.15, 0.2) is 0 Å². The maximum Gasteiger partial charge on any atom is 0.338 e. The van der Waals surface area contributed by atoms with Crippen LogP contribution in [0.3, 0.4) is 0 Å². The van der Waals surface area contributed by atoms with E-state index in [1.54, 1.807) is 6.07 Å². The van der Waals surface area contributed by atoms with E-state index >= 15 is 0 Å². The fourth-order valence-electron chi connectivity index (χ4n) is 1.87. The zero-order valence-electron chi connectivity index (χ0n) is 11.4. The van der Waals surface area contributed by atoms with Gasteiger partial charge in [0.05, 0.1) is 12.7 Å². The van der Waals surface area contributed by atoms with E-state index in [1.807, 2.05) is 19.9 Å². The number of methoxy groups -OCH3 is 1. The van der Waals surface area contributed by atoms with Gasteiger partial charge in [0.1, 0.15) is 0 Å². The third-order valence-corrected chi connectivity index (χ3v) is 3.19. The van der Waals surface area contributed by atoms with Gasteiger partial charge in [0, 0.05) is 12.5 Å². The van der Waals surface area contributed by atoms with Crippen molar-refractivity contribution in [2.75, 3.05) is 7.11 Å². The van der Waals surface area contributed by atoms with Gasteiger partial charge in [-0.25, -0.2) is 4.79 Å². The number of carbonyl (C=O) groups is 2. The lowest BCUT2D eigenvalue weighted by atomic mass is 9.94. The lowest BCUT2D eigenvalue weighted by Crippen LogP contribution is -2.14. The number of aryl methyl sites for hydroxylation is 1. The molecule has 0 aliphatic rings. The Kier molecular flexibility index (Phi) is 5.06. The van der Waals surface area contributed by atoms with Gasteiger partial charge in [0.2, 0.25) is 0 Å². The minimum atomic E-state index is -0.882. The Balaban J connectivity index is 3.05. The van der Waals surface area contributed by atoms with Crippen LogP contribution in [0.5, 0.6) is 0 Å². The van der Waals surface area contributed by atoms with Gasteiger partial charge in [-0.05, 0) is 43.0 Å². The number of rotatable bonds is 5. The van der Waals surface area contributed by atoms with Crippen LogP contribution in [0.4, 0.5) is 0 Å². The summed E-state index contributed by atoms with van der Waals surface area (Å²) in [5, 5.41) is 8.66. The minimum absolute atomic E-state index is 0.00164. The Labute approximate surface area is 112 Å². The summed E-state index contributed by atoms with van der Waals surface area (Å²) in [5.41, 5.74) is 8.97. The summed E-state index contributed by atoms with van der Waals surface area (Å²) in [7, 11) is 1.33. The highest BCUT2D eigenvalue weighted by Gasteiger charge is 2.16. The van der Waals surface area contributed by atoms with Crippen LogP contribution < -0.4 is 5.73 Å². The molecule has 5 heteroatoms. The van der Waals surface area contributed by atoms with Crippen molar-refractivity contribution in [1.82, 2.24) is 0 Å². The summed E-state index contributed by atoms with van der Waals surface area (Å²) in [4.78, 5) is 22.2. The number of hydrogen-bond acceptors (Lipinski definition) is 4. The van der Waals surface area contributed by atoms with E-state index < -0.39 is 18.0 Å². The van der Waals surface area contributed by atoms with Crippen LogP contribution in [0, 0.1) is 13.8 Å². The van der Waals surface area contributed by atoms with E-state index in [4.69, 9.17) is 15.6 Å². The first-order valence-corrected chi connectivity index (χ1v) is 6.03. The number of esters is 1. The molecular weight excluding hydrogens is 246 g/mol. The van der Waals surface area contributed by atoms with Crippen LogP contribution >= 0.6 is 0 Å². The second-order valence-corrected chi connectivity index (χ2v) is 4.54.